The van der Waals surface area contributed by atoms with Crippen LogP contribution in [0.15, 0.2) is 60.9 Å². The lowest BCUT2D eigenvalue weighted by molar-refractivity contribution is 0.0981. The molecule has 2 aromatic carbocycles. The number of benzene rings is 2. The number of aromatic nitrogens is 1. The van der Waals surface area contributed by atoms with Crippen molar-refractivity contribution in [3.63, 3.8) is 0 Å². The normalized spacial score (nSPS) is 14.5. The van der Waals surface area contributed by atoms with Gasteiger partial charge in [-0.2, -0.15) is 0 Å². The number of piperazine rings is 1. The van der Waals surface area contributed by atoms with Gasteiger partial charge in [-0.1, -0.05) is 0 Å². The van der Waals surface area contributed by atoms with E-state index in [1.54, 1.807) is 24.4 Å². The van der Waals surface area contributed by atoms with Gasteiger partial charge in [0.2, 0.25) is 10.0 Å². The Morgan fingerprint density at radius 3 is 2.35 bits per heavy atom. The molecule has 0 saturated carbocycles. The van der Waals surface area contributed by atoms with E-state index < -0.39 is 15.9 Å². The van der Waals surface area contributed by atoms with Crippen molar-refractivity contribution < 1.29 is 23.1 Å². The largest absolute Gasteiger partial charge is 0.506 e. The van der Waals surface area contributed by atoms with Gasteiger partial charge < -0.3 is 14.7 Å². The molecule has 0 atom stereocenters. The van der Waals surface area contributed by atoms with Crippen LogP contribution in [0.4, 0.5) is 5.69 Å². The molecular formula is C27H32N4O5S. The summed E-state index contributed by atoms with van der Waals surface area (Å²) in [7, 11) is -3.60. The summed E-state index contributed by atoms with van der Waals surface area (Å²) in [5.41, 5.74) is 4.17. The third kappa shape index (κ3) is 7.43. The molecule has 3 aromatic rings. The second kappa shape index (κ2) is 11.2. The summed E-state index contributed by atoms with van der Waals surface area (Å²) in [5.74, 6) is 0.266. The number of ether oxygens (including phenoxy) is 1. The number of carbonyl (C=O) groups is 1. The van der Waals surface area contributed by atoms with Crippen molar-refractivity contribution in [1.82, 2.24) is 14.6 Å². The van der Waals surface area contributed by atoms with E-state index in [1.807, 2.05) is 36.8 Å². The summed E-state index contributed by atoms with van der Waals surface area (Å²) in [6.07, 6.45) is 4.14. The third-order valence-corrected chi connectivity index (χ3v) is 6.50. The maximum Gasteiger partial charge on any atom is 0.264 e. The Balaban J connectivity index is 1.41. The average molecular weight is 525 g/mol. The zero-order valence-electron chi connectivity index (χ0n) is 21.2. The van der Waals surface area contributed by atoms with Gasteiger partial charge in [0.1, 0.15) is 11.5 Å². The molecule has 2 N–H and O–H groups in total. The van der Waals surface area contributed by atoms with Gasteiger partial charge in [0, 0.05) is 55.7 Å². The molecule has 0 spiro atoms. The number of aromatic hydroxyl groups is 1. The maximum absolute atomic E-state index is 12.0. The molecule has 0 aliphatic carbocycles. The molecule has 0 unspecified atom stereocenters. The van der Waals surface area contributed by atoms with E-state index in [0.29, 0.717) is 5.56 Å². The topological polar surface area (TPSA) is 112 Å². The van der Waals surface area contributed by atoms with Crippen molar-refractivity contribution in [1.29, 1.82) is 0 Å². The minimum absolute atomic E-state index is 0.0396. The van der Waals surface area contributed by atoms with Gasteiger partial charge in [-0.15, -0.1) is 0 Å². The lowest BCUT2D eigenvalue weighted by atomic mass is 10.0. The average Bonchev–Trinajstić information content (AvgIpc) is 2.83. The highest BCUT2D eigenvalue weighted by molar-refractivity contribution is 7.89. The van der Waals surface area contributed by atoms with Gasteiger partial charge in [0.15, 0.2) is 0 Å². The van der Waals surface area contributed by atoms with Crippen LogP contribution in [-0.4, -0.2) is 67.9 Å². The first-order chi connectivity index (χ1) is 17.6. The highest BCUT2D eigenvalue weighted by Gasteiger charge is 2.19. The molecule has 1 saturated heterocycles. The van der Waals surface area contributed by atoms with Gasteiger partial charge >= 0.3 is 0 Å². The molecule has 10 heteroatoms. The Kier molecular flexibility index (Phi) is 7.99. The molecule has 4 rings (SSSR count). The van der Waals surface area contributed by atoms with Crippen molar-refractivity contribution in [3.8, 4) is 22.6 Å². The van der Waals surface area contributed by atoms with E-state index in [1.165, 1.54) is 6.20 Å². The zero-order chi connectivity index (χ0) is 26.6. The van der Waals surface area contributed by atoms with Crippen LogP contribution >= 0.6 is 0 Å². The molecule has 1 fully saturated rings. The van der Waals surface area contributed by atoms with Gasteiger partial charge in [0.25, 0.3) is 5.91 Å². The monoisotopic (exact) mass is 524 g/mol. The van der Waals surface area contributed by atoms with Crippen LogP contribution in [0, 0.1) is 0 Å². The number of anilines is 1. The first-order valence-corrected chi connectivity index (χ1v) is 14.0. The van der Waals surface area contributed by atoms with Gasteiger partial charge in [-0.25, -0.2) is 13.1 Å². The number of hydrogen-bond acceptors (Lipinski definition) is 8. The lowest BCUT2D eigenvalue weighted by Gasteiger charge is -2.36. The third-order valence-electron chi connectivity index (χ3n) is 5.95. The summed E-state index contributed by atoms with van der Waals surface area (Å²) in [5, 5.41) is 9.87. The number of nitrogens with one attached hydrogen (secondary N) is 1. The molecule has 0 bridgehead atoms. The fraction of sp³-hybridized carbons (Fsp3) is 0.333. The van der Waals surface area contributed by atoms with Crippen LogP contribution in [0.3, 0.4) is 0 Å². The number of carbonyl (C=O) groups excluding carboxylic acids is 1. The van der Waals surface area contributed by atoms with Crippen LogP contribution < -0.4 is 14.4 Å². The van der Waals surface area contributed by atoms with Crippen molar-refractivity contribution in [2.24, 2.45) is 0 Å². The molecule has 1 amide bonds. The summed E-state index contributed by atoms with van der Waals surface area (Å²) in [6, 6.07) is 14.8. The number of amides is 1. The molecule has 1 aliphatic heterocycles. The fourth-order valence-corrected chi connectivity index (χ4v) is 4.77. The first kappa shape index (κ1) is 26.4. The summed E-state index contributed by atoms with van der Waals surface area (Å²) < 4.78 is 30.6. The van der Waals surface area contributed by atoms with Crippen LogP contribution in [0.5, 0.6) is 11.5 Å². The Bertz CT molecular complexity index is 1350. The van der Waals surface area contributed by atoms with Crippen LogP contribution in [-0.2, 0) is 16.6 Å². The van der Waals surface area contributed by atoms with Crippen LogP contribution in [0.1, 0.15) is 29.8 Å². The van der Waals surface area contributed by atoms with E-state index in [0.717, 1.165) is 67.1 Å². The predicted octanol–water partition coefficient (Wildman–Crippen LogP) is 3.25. The molecule has 196 valence electrons. The number of sulfonamides is 1. The number of rotatable bonds is 8. The standard InChI is InChI=1S/C27H32N4O5S/c1-19(2)36-26-13-20(12-22(15-26)23-14-25(32)17-28-16-23)18-30-8-10-31(11-9-30)24-6-4-21(5-7-24)27(33)29-37(3,34)35/h4-7,12-17,19,32H,8-11,18H2,1-3H3,(H,29,33). The van der Waals surface area contributed by atoms with Crippen molar-refractivity contribution in [2.45, 2.75) is 26.5 Å². The number of nitrogens with zero attached hydrogens (tertiary/aromatic N) is 3. The summed E-state index contributed by atoms with van der Waals surface area (Å²) >= 11 is 0. The molecule has 1 aliphatic rings. The smallest absolute Gasteiger partial charge is 0.264 e. The minimum atomic E-state index is -3.60. The van der Waals surface area contributed by atoms with E-state index in [2.05, 4.69) is 26.9 Å². The maximum atomic E-state index is 12.0. The summed E-state index contributed by atoms with van der Waals surface area (Å²) in [6.45, 7) is 8.09. The Labute approximate surface area is 217 Å². The van der Waals surface area contributed by atoms with Gasteiger partial charge in [0.05, 0.1) is 18.6 Å². The minimum Gasteiger partial charge on any atom is -0.506 e. The number of pyridine rings is 1. The lowest BCUT2D eigenvalue weighted by Crippen LogP contribution is -2.46. The van der Waals surface area contributed by atoms with E-state index in [4.69, 9.17) is 4.74 Å². The Morgan fingerprint density at radius 2 is 1.73 bits per heavy atom. The Hall–Kier alpha value is -3.63. The molecular weight excluding hydrogens is 492 g/mol. The second-order valence-electron chi connectivity index (χ2n) is 9.48. The van der Waals surface area contributed by atoms with Gasteiger partial charge in [-0.3, -0.25) is 14.7 Å². The van der Waals surface area contributed by atoms with Gasteiger partial charge in [-0.05, 0) is 73.5 Å². The zero-order valence-corrected chi connectivity index (χ0v) is 22.0. The van der Waals surface area contributed by atoms with Crippen molar-refractivity contribution >= 4 is 21.6 Å². The quantitative estimate of drug-likeness (QED) is 0.462. The predicted molar refractivity (Wildman–Crippen MR) is 143 cm³/mol. The molecule has 1 aromatic heterocycles. The van der Waals surface area contributed by atoms with E-state index in [9.17, 15) is 18.3 Å². The second-order valence-corrected chi connectivity index (χ2v) is 11.2. The first-order valence-electron chi connectivity index (χ1n) is 12.1. The molecule has 0 radical (unpaired) electrons. The highest BCUT2D eigenvalue weighted by atomic mass is 32.2. The van der Waals surface area contributed by atoms with E-state index in [-0.39, 0.29) is 11.9 Å². The Morgan fingerprint density at radius 1 is 1.03 bits per heavy atom. The van der Waals surface area contributed by atoms with Crippen molar-refractivity contribution in [3.05, 3.63) is 72.1 Å². The van der Waals surface area contributed by atoms with Crippen LogP contribution in [0.25, 0.3) is 11.1 Å². The molecule has 9 nitrogen and oxygen atoms in total. The van der Waals surface area contributed by atoms with Crippen molar-refractivity contribution in [2.75, 3.05) is 37.3 Å². The molecule has 37 heavy (non-hydrogen) atoms. The fourth-order valence-electron chi connectivity index (χ4n) is 4.32. The van der Waals surface area contributed by atoms with Crippen LogP contribution in [0.2, 0.25) is 0 Å². The number of hydrogen-bond donors (Lipinski definition) is 2. The highest BCUT2D eigenvalue weighted by Crippen LogP contribution is 2.29. The van der Waals surface area contributed by atoms with E-state index >= 15 is 0 Å². The molecule has 2 heterocycles. The summed E-state index contributed by atoms with van der Waals surface area (Å²) in [4.78, 5) is 20.8. The SMILES string of the molecule is CC(C)Oc1cc(CN2CCN(c3ccc(C(=O)NS(C)(=O)=O)cc3)CC2)cc(-c2cncc(O)c2)c1.